The van der Waals surface area contributed by atoms with Gasteiger partial charge in [-0.25, -0.2) is 4.79 Å². The molecule has 1 fully saturated rings. The first kappa shape index (κ1) is 20.0. The van der Waals surface area contributed by atoms with Gasteiger partial charge in [0.25, 0.3) is 0 Å². The van der Waals surface area contributed by atoms with Gasteiger partial charge >= 0.3 is 12.1 Å². The predicted molar refractivity (Wildman–Crippen MR) is 87.5 cm³/mol. The van der Waals surface area contributed by atoms with Crippen LogP contribution >= 0.6 is 0 Å². The average molecular weight is 374 g/mol. The number of benzene rings is 1. The lowest BCUT2D eigenvalue weighted by Crippen LogP contribution is -2.47. The largest absolute Gasteiger partial charge is 0.467 e. The topological polar surface area (TPSA) is 70.1 Å². The first-order valence-electron chi connectivity index (χ1n) is 8.18. The number of hydrogen-bond acceptors (Lipinski definition) is 5. The summed E-state index contributed by atoms with van der Waals surface area (Å²) in [4.78, 5) is 27.4. The second-order valence-electron chi connectivity index (χ2n) is 5.92. The number of hydrogen-bond donors (Lipinski definition) is 1. The van der Waals surface area contributed by atoms with Crippen LogP contribution in [-0.4, -0.2) is 61.3 Å². The quantitative estimate of drug-likeness (QED) is 0.794. The van der Waals surface area contributed by atoms with Crippen molar-refractivity contribution in [2.75, 3.05) is 38.3 Å². The van der Waals surface area contributed by atoms with E-state index in [4.69, 9.17) is 9.84 Å². The summed E-state index contributed by atoms with van der Waals surface area (Å²) in [5.41, 5.74) is -0.160. The fraction of sp³-hybridized carbons (Fsp3) is 0.529. The van der Waals surface area contributed by atoms with E-state index in [0.29, 0.717) is 18.8 Å². The number of methoxy groups -OCH3 is 1. The van der Waals surface area contributed by atoms with E-state index in [2.05, 4.69) is 0 Å². The highest BCUT2D eigenvalue weighted by Crippen LogP contribution is 2.30. The number of carbonyl (C=O) groups is 2. The summed E-state index contributed by atoms with van der Waals surface area (Å²) in [6.07, 6.45) is -4.22. The zero-order valence-corrected chi connectivity index (χ0v) is 14.3. The number of esters is 1. The zero-order chi connectivity index (χ0) is 19.3. The molecule has 26 heavy (non-hydrogen) atoms. The Kier molecular flexibility index (Phi) is 6.47. The molecular formula is C17H21F3N2O4. The summed E-state index contributed by atoms with van der Waals surface area (Å²) in [5.74, 6) is -0.862. The molecule has 1 aliphatic rings. The van der Waals surface area contributed by atoms with E-state index in [9.17, 15) is 22.8 Å². The number of rotatable bonds is 5. The number of aliphatic hydroxyl groups excluding tert-OH is 1. The standard InChI is InChI=1S/C17H21F3N2O4/c1-26-16(25)14(7-11-23)22-10-9-21(8-6-15(22)24)13-4-2-12(3-5-13)17(18,19)20/h2-5,14,23H,6-11H2,1H3/t14-/m0/s1. The van der Waals surface area contributed by atoms with Crippen LogP contribution in [0.2, 0.25) is 0 Å². The fourth-order valence-corrected chi connectivity index (χ4v) is 2.95. The van der Waals surface area contributed by atoms with E-state index in [1.165, 1.54) is 24.1 Å². The first-order valence-corrected chi connectivity index (χ1v) is 8.18. The van der Waals surface area contributed by atoms with Gasteiger partial charge in [0.15, 0.2) is 0 Å². The molecule has 1 amide bonds. The van der Waals surface area contributed by atoms with Gasteiger partial charge in [-0.1, -0.05) is 0 Å². The average Bonchev–Trinajstić information content (AvgIpc) is 2.80. The Balaban J connectivity index is 2.13. The molecule has 6 nitrogen and oxygen atoms in total. The minimum absolute atomic E-state index is 0.0681. The third-order valence-corrected chi connectivity index (χ3v) is 4.34. The number of aliphatic hydroxyl groups is 1. The Morgan fingerprint density at radius 2 is 1.88 bits per heavy atom. The van der Waals surface area contributed by atoms with Gasteiger partial charge in [-0.05, 0) is 24.3 Å². The molecule has 144 valence electrons. The molecule has 1 atom stereocenters. The van der Waals surface area contributed by atoms with E-state index in [0.717, 1.165) is 12.1 Å². The highest BCUT2D eigenvalue weighted by molar-refractivity contribution is 5.85. The maximum atomic E-state index is 12.7. The van der Waals surface area contributed by atoms with Crippen molar-refractivity contribution in [2.45, 2.75) is 25.1 Å². The molecule has 1 saturated heterocycles. The summed E-state index contributed by atoms with van der Waals surface area (Å²) in [6.45, 7) is 0.621. The van der Waals surface area contributed by atoms with Gasteiger partial charge in [0, 0.05) is 44.8 Å². The lowest BCUT2D eigenvalue weighted by Gasteiger charge is -2.29. The number of carbonyl (C=O) groups excluding carboxylic acids is 2. The number of alkyl halides is 3. The van der Waals surface area contributed by atoms with Gasteiger partial charge in [-0.15, -0.1) is 0 Å². The smallest absolute Gasteiger partial charge is 0.416 e. The molecule has 0 bridgehead atoms. The second-order valence-corrected chi connectivity index (χ2v) is 5.92. The monoisotopic (exact) mass is 374 g/mol. The van der Waals surface area contributed by atoms with Gasteiger partial charge in [-0.3, -0.25) is 4.79 Å². The Labute approximate surface area is 149 Å². The van der Waals surface area contributed by atoms with Crippen LogP contribution < -0.4 is 4.90 Å². The summed E-state index contributed by atoms with van der Waals surface area (Å²) in [5, 5.41) is 9.14. The van der Waals surface area contributed by atoms with Crippen LogP contribution in [0.1, 0.15) is 18.4 Å². The third-order valence-electron chi connectivity index (χ3n) is 4.34. The summed E-state index contributed by atoms with van der Waals surface area (Å²) >= 11 is 0. The highest BCUT2D eigenvalue weighted by atomic mass is 19.4. The molecule has 0 saturated carbocycles. The van der Waals surface area contributed by atoms with Crippen LogP contribution in [0.5, 0.6) is 0 Å². The Morgan fingerprint density at radius 3 is 2.42 bits per heavy atom. The van der Waals surface area contributed by atoms with Crippen molar-refractivity contribution in [3.05, 3.63) is 29.8 Å². The molecule has 1 N–H and O–H groups in total. The van der Waals surface area contributed by atoms with Crippen LogP contribution in [0.3, 0.4) is 0 Å². The van der Waals surface area contributed by atoms with Crippen LogP contribution in [0, 0.1) is 0 Å². The molecule has 0 spiro atoms. The molecule has 2 rings (SSSR count). The van der Waals surface area contributed by atoms with Crippen LogP contribution in [-0.2, 0) is 20.5 Å². The number of halogens is 3. The fourth-order valence-electron chi connectivity index (χ4n) is 2.95. The molecule has 1 aliphatic heterocycles. The molecule has 0 radical (unpaired) electrons. The SMILES string of the molecule is COC(=O)[C@H](CCO)N1CCN(c2ccc(C(F)(F)F)cc2)CCC1=O. The third kappa shape index (κ3) is 4.66. The van der Waals surface area contributed by atoms with E-state index in [1.54, 1.807) is 4.90 Å². The van der Waals surface area contributed by atoms with Gasteiger partial charge in [0.2, 0.25) is 5.91 Å². The van der Waals surface area contributed by atoms with Gasteiger partial charge < -0.3 is 19.6 Å². The Morgan fingerprint density at radius 1 is 1.23 bits per heavy atom. The molecular weight excluding hydrogens is 353 g/mol. The minimum atomic E-state index is -4.40. The van der Waals surface area contributed by atoms with Crippen molar-refractivity contribution in [2.24, 2.45) is 0 Å². The van der Waals surface area contributed by atoms with Crippen molar-refractivity contribution < 1.29 is 32.6 Å². The van der Waals surface area contributed by atoms with Gasteiger partial charge in [-0.2, -0.15) is 13.2 Å². The van der Waals surface area contributed by atoms with E-state index >= 15 is 0 Å². The molecule has 1 heterocycles. The Bertz CT molecular complexity index is 634. The summed E-state index contributed by atoms with van der Waals surface area (Å²) in [6, 6.07) is 3.87. The van der Waals surface area contributed by atoms with Crippen molar-refractivity contribution in [3.63, 3.8) is 0 Å². The zero-order valence-electron chi connectivity index (χ0n) is 14.3. The first-order chi connectivity index (χ1) is 12.3. The number of nitrogens with zero attached hydrogens (tertiary/aromatic N) is 2. The van der Waals surface area contributed by atoms with Crippen molar-refractivity contribution in [3.8, 4) is 0 Å². The van der Waals surface area contributed by atoms with E-state index in [-0.39, 0.29) is 31.9 Å². The maximum absolute atomic E-state index is 12.7. The number of anilines is 1. The van der Waals surface area contributed by atoms with Crippen molar-refractivity contribution >= 4 is 17.6 Å². The summed E-state index contributed by atoms with van der Waals surface area (Å²) in [7, 11) is 1.21. The van der Waals surface area contributed by atoms with Crippen LogP contribution in [0.4, 0.5) is 18.9 Å². The second kappa shape index (κ2) is 8.39. The van der Waals surface area contributed by atoms with Crippen molar-refractivity contribution in [1.29, 1.82) is 0 Å². The van der Waals surface area contributed by atoms with Crippen LogP contribution in [0.25, 0.3) is 0 Å². The number of ether oxygens (including phenoxy) is 1. The van der Waals surface area contributed by atoms with Gasteiger partial charge in [0.1, 0.15) is 6.04 Å². The normalized spacial score (nSPS) is 17.0. The summed E-state index contributed by atoms with van der Waals surface area (Å²) < 4.78 is 42.7. The molecule has 0 aliphatic carbocycles. The van der Waals surface area contributed by atoms with E-state index in [1.807, 2.05) is 0 Å². The molecule has 1 aromatic carbocycles. The maximum Gasteiger partial charge on any atom is 0.416 e. The predicted octanol–water partition coefficient (Wildman–Crippen LogP) is 1.67. The minimum Gasteiger partial charge on any atom is -0.467 e. The highest BCUT2D eigenvalue weighted by Gasteiger charge is 2.33. The Hall–Kier alpha value is -2.29. The van der Waals surface area contributed by atoms with Crippen LogP contribution in [0.15, 0.2) is 24.3 Å². The number of amides is 1. The molecule has 0 aromatic heterocycles. The lowest BCUT2D eigenvalue weighted by molar-refractivity contribution is -0.153. The lowest BCUT2D eigenvalue weighted by atomic mass is 10.1. The van der Waals surface area contributed by atoms with Crippen molar-refractivity contribution in [1.82, 2.24) is 4.90 Å². The molecule has 0 unspecified atom stereocenters. The van der Waals surface area contributed by atoms with E-state index < -0.39 is 23.8 Å². The molecule has 1 aromatic rings. The molecule has 9 heteroatoms. The van der Waals surface area contributed by atoms with Gasteiger partial charge in [0.05, 0.1) is 12.7 Å².